The Balaban J connectivity index is 1.74. The maximum Gasteiger partial charge on any atom is 0.347 e. The molecule has 2 aromatic rings. The molecular formula is C15H14ClN3O2S. The number of carbonyl (C=O) groups is 1. The van der Waals surface area contributed by atoms with E-state index in [1.807, 2.05) is 18.2 Å². The van der Waals surface area contributed by atoms with Crippen molar-refractivity contribution in [3.8, 4) is 0 Å². The molecule has 1 aliphatic heterocycles. The molecule has 0 fully saturated rings. The molecule has 1 atom stereocenters. The molecule has 22 heavy (non-hydrogen) atoms. The number of nitrogens with zero attached hydrogens (tertiary/aromatic N) is 2. The molecule has 5 nitrogen and oxygen atoms in total. The lowest BCUT2D eigenvalue weighted by Crippen LogP contribution is -2.36. The number of aromatic nitrogens is 2. The normalized spacial score (nSPS) is 16.9. The van der Waals surface area contributed by atoms with Crippen LogP contribution in [0.4, 0.5) is 0 Å². The zero-order valence-electron chi connectivity index (χ0n) is 11.7. The van der Waals surface area contributed by atoms with Gasteiger partial charge in [0.1, 0.15) is 6.54 Å². The molecule has 1 N–H and O–H groups in total. The summed E-state index contributed by atoms with van der Waals surface area (Å²) in [5.74, 6) is 0.727. The molecule has 0 unspecified atom stereocenters. The van der Waals surface area contributed by atoms with Gasteiger partial charge in [-0.15, -0.1) is 11.8 Å². The number of hydrogen-bond acceptors (Lipinski definition) is 4. The Morgan fingerprint density at radius 3 is 3.18 bits per heavy atom. The number of thioether (sulfide) groups is 1. The molecule has 1 aliphatic rings. The summed E-state index contributed by atoms with van der Waals surface area (Å²) in [6.45, 7) is -0.0355. The van der Waals surface area contributed by atoms with E-state index in [4.69, 9.17) is 11.6 Å². The molecular weight excluding hydrogens is 322 g/mol. The lowest BCUT2D eigenvalue weighted by Gasteiger charge is -2.26. The maximum absolute atomic E-state index is 12.2. The molecule has 0 radical (unpaired) electrons. The van der Waals surface area contributed by atoms with Crippen LogP contribution in [-0.2, 0) is 11.3 Å². The molecule has 1 aromatic heterocycles. The predicted octanol–water partition coefficient (Wildman–Crippen LogP) is 2.25. The summed E-state index contributed by atoms with van der Waals surface area (Å²) in [7, 11) is 0. The molecule has 7 heteroatoms. The summed E-state index contributed by atoms with van der Waals surface area (Å²) in [4.78, 5) is 28.5. The van der Waals surface area contributed by atoms with Crippen LogP contribution >= 0.6 is 23.4 Å². The van der Waals surface area contributed by atoms with E-state index in [-0.39, 0.29) is 18.5 Å². The van der Waals surface area contributed by atoms with Crippen molar-refractivity contribution < 1.29 is 4.79 Å². The summed E-state index contributed by atoms with van der Waals surface area (Å²) in [6, 6.07) is 7.28. The maximum atomic E-state index is 12.2. The van der Waals surface area contributed by atoms with Crippen molar-refractivity contribution in [3.63, 3.8) is 0 Å². The number of rotatable bonds is 3. The summed E-state index contributed by atoms with van der Waals surface area (Å²) in [6.07, 6.45) is 3.80. The van der Waals surface area contributed by atoms with E-state index in [1.54, 1.807) is 24.0 Å². The first-order valence-electron chi connectivity index (χ1n) is 6.86. The highest BCUT2D eigenvalue weighted by Crippen LogP contribution is 2.37. The van der Waals surface area contributed by atoms with E-state index in [1.165, 1.54) is 10.8 Å². The number of benzene rings is 1. The number of hydrogen-bond donors (Lipinski definition) is 1. The molecule has 1 amide bonds. The third-order valence-corrected chi connectivity index (χ3v) is 4.80. The Morgan fingerprint density at radius 1 is 1.50 bits per heavy atom. The van der Waals surface area contributed by atoms with E-state index in [2.05, 4.69) is 10.3 Å². The number of nitrogens with one attached hydrogen (secondary N) is 1. The van der Waals surface area contributed by atoms with E-state index in [0.717, 1.165) is 22.6 Å². The first-order valence-corrected chi connectivity index (χ1v) is 8.23. The van der Waals surface area contributed by atoms with Crippen molar-refractivity contribution in [2.75, 3.05) is 5.75 Å². The number of carbonyl (C=O) groups excluding carboxylic acids is 1. The molecule has 0 aliphatic carbocycles. The van der Waals surface area contributed by atoms with Gasteiger partial charge in [-0.25, -0.2) is 9.78 Å². The number of halogens is 1. The number of fused-ring (bicyclic) bond motifs is 1. The molecule has 1 aromatic carbocycles. The fourth-order valence-corrected chi connectivity index (χ4v) is 3.70. The minimum absolute atomic E-state index is 0.0355. The van der Waals surface area contributed by atoms with Gasteiger partial charge in [-0.05, 0) is 36.2 Å². The Labute approximate surface area is 136 Å². The largest absolute Gasteiger partial charge is 0.348 e. The first kappa shape index (κ1) is 15.1. The van der Waals surface area contributed by atoms with Gasteiger partial charge in [0.05, 0.1) is 6.04 Å². The highest BCUT2D eigenvalue weighted by atomic mass is 35.5. The van der Waals surface area contributed by atoms with Gasteiger partial charge in [0, 0.05) is 28.1 Å². The van der Waals surface area contributed by atoms with Crippen LogP contribution in [0.1, 0.15) is 18.0 Å². The Bertz CT molecular complexity index is 762. The Hall–Kier alpha value is -1.79. The highest BCUT2D eigenvalue weighted by molar-refractivity contribution is 7.99. The second kappa shape index (κ2) is 6.54. The van der Waals surface area contributed by atoms with Crippen molar-refractivity contribution >= 4 is 29.3 Å². The molecule has 114 valence electrons. The highest BCUT2D eigenvalue weighted by Gasteiger charge is 2.22. The van der Waals surface area contributed by atoms with E-state index >= 15 is 0 Å². The standard InChI is InChI=1S/C15H14ClN3O2S/c16-10-2-3-13-11(8-10)12(4-7-22-13)18-14(20)9-19-6-1-5-17-15(19)21/h1-3,5-6,8,12H,4,7,9H2,(H,18,20)/t12-/m0/s1. The minimum Gasteiger partial charge on any atom is -0.348 e. The third kappa shape index (κ3) is 3.34. The number of amides is 1. The van der Waals surface area contributed by atoms with Gasteiger partial charge in [-0.2, -0.15) is 0 Å². The first-order chi connectivity index (χ1) is 10.6. The van der Waals surface area contributed by atoms with Gasteiger partial charge < -0.3 is 5.32 Å². The van der Waals surface area contributed by atoms with Crippen LogP contribution < -0.4 is 11.0 Å². The van der Waals surface area contributed by atoms with Gasteiger partial charge in [-0.1, -0.05) is 11.6 Å². The SMILES string of the molecule is O=C(Cn1cccnc1=O)N[C@H]1CCSc2ccc(Cl)cc21. The lowest BCUT2D eigenvalue weighted by atomic mass is 10.0. The Kier molecular flexibility index (Phi) is 4.49. The molecule has 3 rings (SSSR count). The summed E-state index contributed by atoms with van der Waals surface area (Å²) in [5, 5.41) is 3.64. The van der Waals surface area contributed by atoms with Gasteiger partial charge in [0.25, 0.3) is 0 Å². The van der Waals surface area contributed by atoms with E-state index in [0.29, 0.717) is 5.02 Å². The smallest absolute Gasteiger partial charge is 0.347 e. The average Bonchev–Trinajstić information content (AvgIpc) is 2.50. The zero-order chi connectivity index (χ0) is 15.5. The van der Waals surface area contributed by atoms with E-state index in [9.17, 15) is 9.59 Å². The molecule has 2 heterocycles. The van der Waals surface area contributed by atoms with Crippen molar-refractivity contribution in [3.05, 3.63) is 57.7 Å². The summed E-state index contributed by atoms with van der Waals surface area (Å²) >= 11 is 7.81. The van der Waals surface area contributed by atoms with Crippen LogP contribution in [0.15, 0.2) is 46.3 Å². The zero-order valence-corrected chi connectivity index (χ0v) is 13.2. The average molecular weight is 336 g/mol. The fraction of sp³-hybridized carbons (Fsp3) is 0.267. The van der Waals surface area contributed by atoms with Gasteiger partial charge in [0.15, 0.2) is 0 Å². The second-order valence-corrected chi connectivity index (χ2v) is 6.54. The summed E-state index contributed by atoms with van der Waals surface area (Å²) in [5.41, 5.74) is 0.607. The van der Waals surface area contributed by atoms with Gasteiger partial charge in [-0.3, -0.25) is 9.36 Å². The molecule has 0 bridgehead atoms. The van der Waals surface area contributed by atoms with Crippen LogP contribution in [0.3, 0.4) is 0 Å². The van der Waals surface area contributed by atoms with Crippen molar-refractivity contribution in [1.29, 1.82) is 0 Å². The van der Waals surface area contributed by atoms with Crippen molar-refractivity contribution in [2.45, 2.75) is 23.9 Å². The van der Waals surface area contributed by atoms with Gasteiger partial charge >= 0.3 is 5.69 Å². The fourth-order valence-electron chi connectivity index (χ4n) is 2.42. The van der Waals surface area contributed by atoms with Crippen LogP contribution in [0.2, 0.25) is 5.02 Å². The predicted molar refractivity (Wildman–Crippen MR) is 86.2 cm³/mol. The monoisotopic (exact) mass is 335 g/mol. The quantitative estimate of drug-likeness (QED) is 0.934. The summed E-state index contributed by atoms with van der Waals surface area (Å²) < 4.78 is 1.28. The van der Waals surface area contributed by atoms with Crippen LogP contribution in [0, 0.1) is 0 Å². The minimum atomic E-state index is -0.430. The molecule has 0 spiro atoms. The third-order valence-electron chi connectivity index (χ3n) is 3.44. The van der Waals surface area contributed by atoms with E-state index < -0.39 is 5.69 Å². The molecule has 0 saturated carbocycles. The van der Waals surface area contributed by atoms with Crippen LogP contribution in [0.25, 0.3) is 0 Å². The van der Waals surface area contributed by atoms with Gasteiger partial charge in [0.2, 0.25) is 5.91 Å². The topological polar surface area (TPSA) is 64.0 Å². The second-order valence-electron chi connectivity index (χ2n) is 4.97. The lowest BCUT2D eigenvalue weighted by molar-refractivity contribution is -0.122. The Morgan fingerprint density at radius 2 is 2.36 bits per heavy atom. The van der Waals surface area contributed by atoms with Crippen molar-refractivity contribution in [1.82, 2.24) is 14.9 Å². The van der Waals surface area contributed by atoms with Crippen LogP contribution in [0.5, 0.6) is 0 Å². The molecule has 0 saturated heterocycles. The van der Waals surface area contributed by atoms with Crippen molar-refractivity contribution in [2.24, 2.45) is 0 Å². The van der Waals surface area contributed by atoms with Crippen LogP contribution in [-0.4, -0.2) is 21.2 Å².